The molecular formula is C19H19NO4. The highest BCUT2D eigenvalue weighted by Gasteiger charge is 2.19. The van der Waals surface area contributed by atoms with Gasteiger partial charge in [0, 0.05) is 17.5 Å². The molecule has 0 saturated carbocycles. The lowest BCUT2D eigenvalue weighted by molar-refractivity contribution is 0.289. The van der Waals surface area contributed by atoms with Gasteiger partial charge in [0.25, 0.3) is 5.56 Å². The van der Waals surface area contributed by atoms with Gasteiger partial charge in [0.15, 0.2) is 5.75 Å². The van der Waals surface area contributed by atoms with Crippen molar-refractivity contribution in [1.82, 2.24) is 4.57 Å². The number of ether oxygens (including phenoxy) is 1. The molecule has 0 aliphatic carbocycles. The van der Waals surface area contributed by atoms with Crippen LogP contribution in [0.25, 0.3) is 10.9 Å². The summed E-state index contributed by atoms with van der Waals surface area (Å²) in [7, 11) is 0. The van der Waals surface area contributed by atoms with Crippen molar-refractivity contribution in [1.29, 1.82) is 0 Å². The Morgan fingerprint density at radius 3 is 2.46 bits per heavy atom. The zero-order valence-electron chi connectivity index (χ0n) is 13.6. The van der Waals surface area contributed by atoms with Gasteiger partial charge in [-0.25, -0.2) is 0 Å². The van der Waals surface area contributed by atoms with E-state index in [0.29, 0.717) is 10.9 Å². The molecule has 24 heavy (non-hydrogen) atoms. The van der Waals surface area contributed by atoms with Crippen LogP contribution in [0.5, 0.6) is 17.2 Å². The van der Waals surface area contributed by atoms with Crippen molar-refractivity contribution < 1.29 is 14.9 Å². The quantitative estimate of drug-likeness (QED) is 0.769. The van der Waals surface area contributed by atoms with Crippen LogP contribution in [-0.2, 0) is 6.61 Å². The molecule has 0 aliphatic rings. The van der Waals surface area contributed by atoms with Gasteiger partial charge in [-0.15, -0.1) is 0 Å². The minimum absolute atomic E-state index is 0.0519. The Morgan fingerprint density at radius 2 is 1.79 bits per heavy atom. The SMILES string of the molecule is CC(C)n1c(=O)c(O)c(OCc2ccccc2)c2ccc(O)cc21. The summed E-state index contributed by atoms with van der Waals surface area (Å²) in [5.41, 5.74) is 0.916. The van der Waals surface area contributed by atoms with Crippen molar-refractivity contribution in [2.45, 2.75) is 26.5 Å². The molecule has 0 saturated heterocycles. The number of aromatic hydroxyl groups is 2. The third-order valence-electron chi connectivity index (χ3n) is 3.86. The van der Waals surface area contributed by atoms with E-state index >= 15 is 0 Å². The Labute approximate surface area is 139 Å². The Hall–Kier alpha value is -2.95. The van der Waals surface area contributed by atoms with E-state index in [9.17, 15) is 15.0 Å². The highest BCUT2D eigenvalue weighted by molar-refractivity contribution is 5.89. The van der Waals surface area contributed by atoms with Crippen LogP contribution in [0.4, 0.5) is 0 Å². The molecule has 0 unspecified atom stereocenters. The van der Waals surface area contributed by atoms with Crippen LogP contribution in [0.15, 0.2) is 53.3 Å². The molecule has 2 aromatic carbocycles. The third kappa shape index (κ3) is 2.80. The molecule has 2 N–H and O–H groups in total. The Balaban J connectivity index is 2.16. The molecule has 3 rings (SSSR count). The average Bonchev–Trinajstić information content (AvgIpc) is 2.56. The van der Waals surface area contributed by atoms with Crippen LogP contribution < -0.4 is 10.3 Å². The molecule has 0 fully saturated rings. The fourth-order valence-electron chi connectivity index (χ4n) is 2.75. The van der Waals surface area contributed by atoms with Crippen LogP contribution >= 0.6 is 0 Å². The van der Waals surface area contributed by atoms with Gasteiger partial charge in [0.1, 0.15) is 12.4 Å². The maximum Gasteiger partial charge on any atom is 0.297 e. The van der Waals surface area contributed by atoms with Crippen LogP contribution in [0.1, 0.15) is 25.5 Å². The lowest BCUT2D eigenvalue weighted by Gasteiger charge is -2.18. The molecule has 1 aromatic heterocycles. The molecule has 1 heterocycles. The number of aromatic nitrogens is 1. The summed E-state index contributed by atoms with van der Waals surface area (Å²) in [5, 5.41) is 20.7. The molecule has 0 atom stereocenters. The molecule has 0 amide bonds. The van der Waals surface area contributed by atoms with Crippen molar-refractivity contribution >= 4 is 10.9 Å². The van der Waals surface area contributed by atoms with E-state index in [1.54, 1.807) is 6.07 Å². The van der Waals surface area contributed by atoms with Crippen molar-refractivity contribution in [3.05, 3.63) is 64.4 Å². The predicted octanol–water partition coefficient (Wildman–Crippen LogP) is 3.57. The zero-order valence-corrected chi connectivity index (χ0v) is 13.6. The summed E-state index contributed by atoms with van der Waals surface area (Å²) in [4.78, 5) is 12.5. The van der Waals surface area contributed by atoms with Crippen LogP contribution in [-0.4, -0.2) is 14.8 Å². The van der Waals surface area contributed by atoms with Gasteiger partial charge >= 0.3 is 0 Å². The maximum absolute atomic E-state index is 12.5. The summed E-state index contributed by atoms with van der Waals surface area (Å²) in [6.45, 7) is 3.92. The Bertz CT molecular complexity index is 929. The largest absolute Gasteiger partial charge is 0.508 e. The monoisotopic (exact) mass is 325 g/mol. The molecule has 5 heteroatoms. The van der Waals surface area contributed by atoms with Crippen molar-refractivity contribution in [3.63, 3.8) is 0 Å². The summed E-state index contributed by atoms with van der Waals surface area (Å²) in [6, 6.07) is 14.0. The highest BCUT2D eigenvalue weighted by Crippen LogP contribution is 2.35. The van der Waals surface area contributed by atoms with E-state index in [4.69, 9.17) is 4.74 Å². The van der Waals surface area contributed by atoms with E-state index in [0.717, 1.165) is 5.56 Å². The first-order valence-corrected chi connectivity index (χ1v) is 7.76. The average molecular weight is 325 g/mol. The second kappa shape index (κ2) is 6.28. The molecule has 5 nitrogen and oxygen atoms in total. The van der Waals surface area contributed by atoms with Crippen molar-refractivity contribution in [3.8, 4) is 17.2 Å². The van der Waals surface area contributed by atoms with Crippen molar-refractivity contribution in [2.24, 2.45) is 0 Å². The topological polar surface area (TPSA) is 71.7 Å². The normalized spacial score (nSPS) is 11.1. The lowest BCUT2D eigenvalue weighted by atomic mass is 10.1. The number of benzene rings is 2. The molecule has 0 radical (unpaired) electrons. The molecule has 0 spiro atoms. The number of pyridine rings is 1. The number of rotatable bonds is 4. The smallest absolute Gasteiger partial charge is 0.297 e. The summed E-state index contributed by atoms with van der Waals surface area (Å²) < 4.78 is 7.19. The van der Waals surface area contributed by atoms with Crippen LogP contribution in [0.3, 0.4) is 0 Å². The maximum atomic E-state index is 12.5. The minimum Gasteiger partial charge on any atom is -0.508 e. The lowest BCUT2D eigenvalue weighted by Crippen LogP contribution is -2.22. The fourth-order valence-corrected chi connectivity index (χ4v) is 2.75. The zero-order chi connectivity index (χ0) is 17.3. The van der Waals surface area contributed by atoms with E-state index in [-0.39, 0.29) is 24.1 Å². The predicted molar refractivity (Wildman–Crippen MR) is 92.7 cm³/mol. The summed E-state index contributed by atoms with van der Waals surface area (Å²) in [6.07, 6.45) is 0. The molecule has 3 aromatic rings. The summed E-state index contributed by atoms with van der Waals surface area (Å²) >= 11 is 0. The second-order valence-corrected chi connectivity index (χ2v) is 5.92. The fraction of sp³-hybridized carbons (Fsp3) is 0.211. The standard InChI is InChI=1S/C19H19NO4/c1-12(2)20-16-10-14(21)8-9-15(16)18(17(22)19(20)23)24-11-13-6-4-3-5-7-13/h3-10,12,21-22H,11H2,1-2H3. The third-order valence-corrected chi connectivity index (χ3v) is 3.86. The van der Waals surface area contributed by atoms with Gasteiger partial charge in [-0.2, -0.15) is 0 Å². The van der Waals surface area contributed by atoms with E-state index in [2.05, 4.69) is 0 Å². The first-order valence-electron chi connectivity index (χ1n) is 7.76. The van der Waals surface area contributed by atoms with Gasteiger partial charge in [0.05, 0.1) is 5.52 Å². The number of hydrogen-bond acceptors (Lipinski definition) is 4. The van der Waals surface area contributed by atoms with Crippen LogP contribution in [0, 0.1) is 0 Å². The number of nitrogens with zero attached hydrogens (tertiary/aromatic N) is 1. The molecule has 0 aliphatic heterocycles. The number of phenols is 1. The first-order chi connectivity index (χ1) is 11.5. The van der Waals surface area contributed by atoms with Crippen LogP contribution in [0.2, 0.25) is 0 Å². The van der Waals surface area contributed by atoms with Gasteiger partial charge in [-0.3, -0.25) is 4.79 Å². The van der Waals surface area contributed by atoms with E-state index in [1.165, 1.54) is 16.7 Å². The molecule has 0 bridgehead atoms. The van der Waals surface area contributed by atoms with Gasteiger partial charge in [0.2, 0.25) is 5.75 Å². The van der Waals surface area contributed by atoms with E-state index in [1.807, 2.05) is 44.2 Å². The van der Waals surface area contributed by atoms with E-state index < -0.39 is 11.3 Å². The summed E-state index contributed by atoms with van der Waals surface area (Å²) in [5.74, 6) is -0.232. The number of phenolic OH excluding ortho intramolecular Hbond substituents is 1. The molecule has 124 valence electrons. The second-order valence-electron chi connectivity index (χ2n) is 5.92. The van der Waals surface area contributed by atoms with Gasteiger partial charge < -0.3 is 19.5 Å². The van der Waals surface area contributed by atoms with Gasteiger partial charge in [-0.05, 0) is 31.5 Å². The minimum atomic E-state index is -0.536. The van der Waals surface area contributed by atoms with Crippen molar-refractivity contribution in [2.75, 3.05) is 0 Å². The number of hydrogen-bond donors (Lipinski definition) is 2. The Kier molecular flexibility index (Phi) is 4.16. The van der Waals surface area contributed by atoms with Gasteiger partial charge in [-0.1, -0.05) is 30.3 Å². The molecular weight excluding hydrogens is 306 g/mol. The number of fused-ring (bicyclic) bond motifs is 1. The highest BCUT2D eigenvalue weighted by atomic mass is 16.5. The Morgan fingerprint density at radius 1 is 1.08 bits per heavy atom. The first kappa shape index (κ1) is 15.9.